The van der Waals surface area contributed by atoms with Crippen LogP contribution >= 0.6 is 0 Å². The average Bonchev–Trinajstić information content (AvgIpc) is 3.70. The number of fused-ring (bicyclic) bond motifs is 6. The molecule has 0 bridgehead atoms. The number of rotatable bonds is 4. The number of aromatic nitrogens is 2. The Morgan fingerprint density at radius 3 is 1.74 bits per heavy atom. The molecule has 0 atom stereocenters. The van der Waals surface area contributed by atoms with Gasteiger partial charge in [0, 0.05) is 21.8 Å². The van der Waals surface area contributed by atoms with E-state index in [1.165, 1.54) is 10.8 Å². The lowest BCUT2D eigenvalue weighted by atomic mass is 9.91. The van der Waals surface area contributed by atoms with Gasteiger partial charge in [-0.25, -0.2) is 9.69 Å². The van der Waals surface area contributed by atoms with Gasteiger partial charge in [-0.15, -0.1) is 0 Å². The summed E-state index contributed by atoms with van der Waals surface area (Å²) in [7, 11) is 0. The molecule has 0 unspecified atom stereocenters. The number of nitrogens with zero attached hydrogens (tertiary/aromatic N) is 5. The van der Waals surface area contributed by atoms with Gasteiger partial charge < -0.3 is 9.13 Å². The topological polar surface area (TPSA) is 42.4 Å². The number of hydrogen-bond acceptors (Lipinski definition) is 1. The average molecular weight is 636 g/mol. The minimum atomic E-state index is 0.495. The second kappa shape index (κ2) is 11.4. The molecule has 0 saturated carbocycles. The normalized spacial score (nSPS) is 11.1. The second-order valence-electron chi connectivity index (χ2n) is 12.2. The molecule has 7 aromatic carbocycles. The SMILES string of the molecule is [C-]#[N+]c1ccc2c(c1)c1ccccc1n2-c1c([N+]#[C-])cccc1-c1cc(C#N)ccc1-c1ccc(-n2c3ccccc3c3ccccc32)cc1. The molecule has 2 heterocycles. The van der Waals surface area contributed by atoms with E-state index in [2.05, 4.69) is 110 Å². The molecule has 50 heavy (non-hydrogen) atoms. The Labute approximate surface area is 288 Å². The molecule has 0 saturated heterocycles. The minimum absolute atomic E-state index is 0.495. The molecule has 9 rings (SSSR count). The molecular formula is C45H25N5. The summed E-state index contributed by atoms with van der Waals surface area (Å²) in [6.45, 7) is 15.9. The number of nitriles is 1. The summed E-state index contributed by atoms with van der Waals surface area (Å²) in [5, 5.41) is 14.4. The lowest BCUT2D eigenvalue weighted by Gasteiger charge is -2.19. The molecule has 0 fully saturated rings. The third-order valence-corrected chi connectivity index (χ3v) is 9.60. The maximum absolute atomic E-state index is 10.0. The van der Waals surface area contributed by atoms with Crippen LogP contribution in [0.3, 0.4) is 0 Å². The van der Waals surface area contributed by atoms with Crippen LogP contribution < -0.4 is 0 Å². The molecule has 0 aliphatic rings. The lowest BCUT2D eigenvalue weighted by Crippen LogP contribution is -1.99. The summed E-state index contributed by atoms with van der Waals surface area (Å²) in [5.41, 5.74) is 11.2. The maximum Gasteiger partial charge on any atom is 0.211 e. The lowest BCUT2D eigenvalue weighted by molar-refractivity contribution is 1.18. The van der Waals surface area contributed by atoms with Crippen molar-refractivity contribution in [1.29, 1.82) is 5.26 Å². The van der Waals surface area contributed by atoms with Gasteiger partial charge in [-0.1, -0.05) is 97.1 Å². The van der Waals surface area contributed by atoms with Crippen LogP contribution in [0.2, 0.25) is 0 Å². The fraction of sp³-hybridized carbons (Fsp3) is 0. The third-order valence-electron chi connectivity index (χ3n) is 9.60. The molecule has 0 radical (unpaired) electrons. The number of para-hydroxylation sites is 4. The number of hydrogen-bond donors (Lipinski definition) is 0. The summed E-state index contributed by atoms with van der Waals surface area (Å²) in [6.07, 6.45) is 0. The molecule has 0 aliphatic carbocycles. The van der Waals surface area contributed by atoms with Crippen LogP contribution in [0.25, 0.3) is 86.9 Å². The Morgan fingerprint density at radius 2 is 1.10 bits per heavy atom. The van der Waals surface area contributed by atoms with Crippen molar-refractivity contribution in [3.63, 3.8) is 0 Å². The summed E-state index contributed by atoms with van der Waals surface area (Å²) >= 11 is 0. The first kappa shape index (κ1) is 28.8. The molecule has 2 aromatic heterocycles. The smallest absolute Gasteiger partial charge is 0.211 e. The first-order chi connectivity index (χ1) is 24.7. The fourth-order valence-corrected chi connectivity index (χ4v) is 7.42. The van der Waals surface area contributed by atoms with E-state index < -0.39 is 0 Å². The molecule has 5 nitrogen and oxygen atoms in total. The Morgan fingerprint density at radius 1 is 0.480 bits per heavy atom. The van der Waals surface area contributed by atoms with Crippen molar-refractivity contribution in [3.05, 3.63) is 180 Å². The van der Waals surface area contributed by atoms with Crippen LogP contribution in [0.5, 0.6) is 0 Å². The Bertz CT molecular complexity index is 2900. The zero-order valence-corrected chi connectivity index (χ0v) is 26.7. The van der Waals surface area contributed by atoms with Gasteiger partial charge in [0.15, 0.2) is 5.69 Å². The predicted molar refractivity (Wildman–Crippen MR) is 203 cm³/mol. The summed E-state index contributed by atoms with van der Waals surface area (Å²) < 4.78 is 4.43. The molecule has 230 valence electrons. The fourth-order valence-electron chi connectivity index (χ4n) is 7.42. The highest BCUT2D eigenvalue weighted by molar-refractivity contribution is 6.12. The van der Waals surface area contributed by atoms with E-state index in [0.29, 0.717) is 16.9 Å². The molecule has 9 aromatic rings. The van der Waals surface area contributed by atoms with Crippen molar-refractivity contribution in [2.45, 2.75) is 0 Å². The zero-order valence-electron chi connectivity index (χ0n) is 26.7. The third kappa shape index (κ3) is 4.31. The van der Waals surface area contributed by atoms with Gasteiger partial charge in [-0.05, 0) is 82.2 Å². The van der Waals surface area contributed by atoms with Crippen LogP contribution in [0.1, 0.15) is 5.56 Å². The van der Waals surface area contributed by atoms with Crippen LogP contribution in [-0.2, 0) is 0 Å². The molecule has 5 heteroatoms. The van der Waals surface area contributed by atoms with Crippen molar-refractivity contribution in [1.82, 2.24) is 9.13 Å². The minimum Gasteiger partial charge on any atom is -0.318 e. The van der Waals surface area contributed by atoms with Gasteiger partial charge in [0.05, 0.1) is 52.5 Å². The summed E-state index contributed by atoms with van der Waals surface area (Å²) in [4.78, 5) is 7.69. The van der Waals surface area contributed by atoms with Crippen molar-refractivity contribution >= 4 is 55.0 Å². The second-order valence-corrected chi connectivity index (χ2v) is 12.2. The van der Waals surface area contributed by atoms with Crippen LogP contribution in [-0.4, -0.2) is 9.13 Å². The molecule has 0 amide bonds. The quantitative estimate of drug-likeness (QED) is 0.177. The van der Waals surface area contributed by atoms with Crippen molar-refractivity contribution in [2.75, 3.05) is 0 Å². The molecular weight excluding hydrogens is 611 g/mol. The summed E-state index contributed by atoms with van der Waals surface area (Å²) in [6, 6.07) is 53.2. The Balaban J connectivity index is 1.27. The van der Waals surface area contributed by atoms with E-state index in [4.69, 9.17) is 13.1 Å². The predicted octanol–water partition coefficient (Wildman–Crippen LogP) is 12.2. The summed E-state index contributed by atoms with van der Waals surface area (Å²) in [5.74, 6) is 0. The van der Waals surface area contributed by atoms with E-state index in [9.17, 15) is 5.26 Å². The zero-order chi connectivity index (χ0) is 33.8. The first-order valence-electron chi connectivity index (χ1n) is 16.2. The van der Waals surface area contributed by atoms with Crippen LogP contribution in [0.15, 0.2) is 152 Å². The van der Waals surface area contributed by atoms with E-state index in [-0.39, 0.29) is 0 Å². The standard InChI is InChI=1S/C45H25N5/c1-47-31-21-25-44-39(27-31)36-12-5-8-17-43(36)50(44)45-37(13-9-14-40(45)48-2)38-26-29(28-46)18-24-33(38)30-19-22-32(23-20-30)49-41-15-6-3-10-34(41)35-11-4-7-16-42(35)49/h3-27H. The van der Waals surface area contributed by atoms with Crippen molar-refractivity contribution in [3.8, 4) is 39.7 Å². The number of benzene rings is 7. The highest BCUT2D eigenvalue weighted by atomic mass is 15.0. The van der Waals surface area contributed by atoms with Gasteiger partial charge in [0.2, 0.25) is 5.69 Å². The van der Waals surface area contributed by atoms with Crippen molar-refractivity contribution in [2.24, 2.45) is 0 Å². The van der Waals surface area contributed by atoms with Gasteiger partial charge in [0.1, 0.15) is 0 Å². The Kier molecular flexibility index (Phi) is 6.56. The van der Waals surface area contributed by atoms with E-state index in [1.807, 2.05) is 66.7 Å². The molecule has 0 aliphatic heterocycles. The Hall–Kier alpha value is -7.39. The highest BCUT2D eigenvalue weighted by Gasteiger charge is 2.21. The van der Waals surface area contributed by atoms with Crippen molar-refractivity contribution < 1.29 is 0 Å². The van der Waals surface area contributed by atoms with Crippen LogP contribution in [0.4, 0.5) is 11.4 Å². The maximum atomic E-state index is 10.0. The monoisotopic (exact) mass is 635 g/mol. The highest BCUT2D eigenvalue weighted by Crippen LogP contribution is 2.44. The van der Waals surface area contributed by atoms with Gasteiger partial charge in [0.25, 0.3) is 0 Å². The largest absolute Gasteiger partial charge is 0.318 e. The van der Waals surface area contributed by atoms with E-state index in [0.717, 1.165) is 66.5 Å². The first-order valence-corrected chi connectivity index (χ1v) is 16.2. The van der Waals surface area contributed by atoms with E-state index >= 15 is 0 Å². The van der Waals surface area contributed by atoms with Crippen LogP contribution in [0, 0.1) is 24.5 Å². The molecule has 0 spiro atoms. The van der Waals surface area contributed by atoms with Gasteiger partial charge >= 0.3 is 0 Å². The van der Waals surface area contributed by atoms with E-state index in [1.54, 1.807) is 0 Å². The van der Waals surface area contributed by atoms with Gasteiger partial charge in [-0.2, -0.15) is 5.26 Å². The molecule has 0 N–H and O–H groups in total. The van der Waals surface area contributed by atoms with Gasteiger partial charge in [-0.3, -0.25) is 0 Å².